The van der Waals surface area contributed by atoms with Gasteiger partial charge < -0.3 is 19.3 Å². The Morgan fingerprint density at radius 2 is 1.71 bits per heavy atom. The fourth-order valence-corrected chi connectivity index (χ4v) is 4.75. The van der Waals surface area contributed by atoms with E-state index in [0.29, 0.717) is 39.9 Å². The lowest BCUT2D eigenvalue weighted by molar-refractivity contribution is 0.0504. The van der Waals surface area contributed by atoms with Crippen LogP contribution in [0.25, 0.3) is 16.7 Å². The molecular weight excluding hydrogens is 446 g/mol. The summed E-state index contributed by atoms with van der Waals surface area (Å²) >= 11 is 0. The third kappa shape index (κ3) is 3.80. The number of hydrogen-bond acceptors (Lipinski definition) is 8. The van der Waals surface area contributed by atoms with Crippen LogP contribution >= 0.6 is 0 Å². The first-order valence-corrected chi connectivity index (χ1v) is 11.4. The number of fused-ring (bicyclic) bond motifs is 3. The van der Waals surface area contributed by atoms with Crippen molar-refractivity contribution in [2.24, 2.45) is 0 Å². The minimum absolute atomic E-state index is 0.0374. The molecule has 0 saturated heterocycles. The minimum atomic E-state index is -0.814. The molecule has 0 amide bonds. The molecule has 1 atom stereocenters. The lowest BCUT2D eigenvalue weighted by Gasteiger charge is -2.31. The predicted octanol–water partition coefficient (Wildman–Crippen LogP) is 5.50. The molecule has 178 valence electrons. The highest BCUT2D eigenvalue weighted by atomic mass is 16.7. The highest BCUT2D eigenvalue weighted by Gasteiger charge is 2.40. The first-order chi connectivity index (χ1) is 16.8. The fourth-order valence-electron chi connectivity index (χ4n) is 4.75. The van der Waals surface area contributed by atoms with Crippen LogP contribution in [0.2, 0.25) is 0 Å². The van der Waals surface area contributed by atoms with Crippen LogP contribution in [0.3, 0.4) is 0 Å². The quantitative estimate of drug-likeness (QED) is 0.389. The van der Waals surface area contributed by atoms with Crippen LogP contribution in [0.5, 0.6) is 0 Å². The molecule has 8 heteroatoms. The molecule has 35 heavy (non-hydrogen) atoms. The monoisotopic (exact) mass is 471 g/mol. The molecule has 8 nitrogen and oxygen atoms in total. The molecule has 0 radical (unpaired) electrons. The number of carbonyl (C=O) groups is 2. The SMILES string of the molecule is CC1=C(OC(=O)OC(C)C)C(c2cccc3c2-c2ccccc2C3=O)C(c2nc(C)no2)=C(C)N1. The van der Waals surface area contributed by atoms with Gasteiger partial charge in [-0.2, -0.15) is 4.98 Å². The van der Waals surface area contributed by atoms with Gasteiger partial charge in [0, 0.05) is 16.8 Å². The minimum Gasteiger partial charge on any atom is -0.431 e. The number of ether oxygens (including phenoxy) is 2. The van der Waals surface area contributed by atoms with Crippen molar-refractivity contribution in [1.82, 2.24) is 15.5 Å². The van der Waals surface area contributed by atoms with Crippen molar-refractivity contribution >= 4 is 17.5 Å². The maximum Gasteiger partial charge on any atom is 0.513 e. The molecule has 2 aromatic carbocycles. The third-order valence-electron chi connectivity index (χ3n) is 6.08. The Labute approximate surface area is 202 Å². The van der Waals surface area contributed by atoms with E-state index in [-0.39, 0.29) is 11.9 Å². The molecule has 0 saturated carbocycles. The Morgan fingerprint density at radius 1 is 1.00 bits per heavy atom. The number of rotatable bonds is 4. The molecule has 1 N–H and O–H groups in total. The molecule has 1 aliphatic heterocycles. The number of nitrogens with zero attached hydrogens (tertiary/aromatic N) is 2. The lowest BCUT2D eigenvalue weighted by atomic mass is 9.81. The second kappa shape index (κ2) is 8.54. The molecule has 0 bridgehead atoms. The highest BCUT2D eigenvalue weighted by molar-refractivity contribution is 6.22. The van der Waals surface area contributed by atoms with Crippen molar-refractivity contribution in [3.8, 4) is 11.1 Å². The van der Waals surface area contributed by atoms with Gasteiger partial charge in [-0.05, 0) is 51.3 Å². The number of nitrogens with one attached hydrogen (secondary N) is 1. The average Bonchev–Trinajstić information content (AvgIpc) is 3.36. The van der Waals surface area contributed by atoms with Gasteiger partial charge in [-0.15, -0.1) is 0 Å². The van der Waals surface area contributed by atoms with Crippen molar-refractivity contribution < 1.29 is 23.6 Å². The van der Waals surface area contributed by atoms with Crippen molar-refractivity contribution in [2.45, 2.75) is 46.6 Å². The fraction of sp³-hybridized carbons (Fsp3) is 0.259. The van der Waals surface area contributed by atoms with Crippen LogP contribution in [0.4, 0.5) is 4.79 Å². The van der Waals surface area contributed by atoms with E-state index in [1.54, 1.807) is 20.8 Å². The van der Waals surface area contributed by atoms with Gasteiger partial charge in [0.2, 0.25) is 0 Å². The van der Waals surface area contributed by atoms with Crippen LogP contribution in [0, 0.1) is 6.92 Å². The second-order valence-corrected chi connectivity index (χ2v) is 8.90. The van der Waals surface area contributed by atoms with Crippen molar-refractivity contribution in [1.29, 1.82) is 0 Å². The molecule has 0 spiro atoms. The Morgan fingerprint density at radius 3 is 2.40 bits per heavy atom. The summed E-state index contributed by atoms with van der Waals surface area (Å²) in [7, 11) is 0. The molecule has 2 heterocycles. The zero-order valence-corrected chi connectivity index (χ0v) is 20.1. The number of aromatic nitrogens is 2. The molecule has 2 aliphatic rings. The number of dihydropyridines is 1. The summed E-state index contributed by atoms with van der Waals surface area (Å²) in [5.41, 5.74) is 5.74. The molecule has 1 unspecified atom stereocenters. The zero-order valence-electron chi connectivity index (χ0n) is 20.1. The summed E-state index contributed by atoms with van der Waals surface area (Å²) in [5.74, 6) is 0.482. The Kier molecular flexibility index (Phi) is 5.51. The van der Waals surface area contributed by atoms with Crippen LogP contribution in [-0.4, -0.2) is 28.2 Å². The predicted molar refractivity (Wildman–Crippen MR) is 128 cm³/mol. The van der Waals surface area contributed by atoms with Gasteiger partial charge >= 0.3 is 6.16 Å². The second-order valence-electron chi connectivity index (χ2n) is 8.90. The smallest absolute Gasteiger partial charge is 0.431 e. The van der Waals surface area contributed by atoms with E-state index in [1.165, 1.54) is 0 Å². The van der Waals surface area contributed by atoms with Gasteiger partial charge in [0.25, 0.3) is 5.89 Å². The van der Waals surface area contributed by atoms with Gasteiger partial charge in [0.1, 0.15) is 5.76 Å². The van der Waals surface area contributed by atoms with Gasteiger partial charge in [-0.25, -0.2) is 4.79 Å². The maximum atomic E-state index is 13.2. The summed E-state index contributed by atoms with van der Waals surface area (Å²) in [5, 5.41) is 7.24. The highest BCUT2D eigenvalue weighted by Crippen LogP contribution is 2.49. The van der Waals surface area contributed by atoms with Gasteiger partial charge in [0.15, 0.2) is 11.6 Å². The maximum absolute atomic E-state index is 13.2. The molecule has 3 aromatic rings. The van der Waals surface area contributed by atoms with Crippen LogP contribution in [-0.2, 0) is 9.47 Å². The summed E-state index contributed by atoms with van der Waals surface area (Å²) in [6, 6.07) is 13.1. The number of allylic oxidation sites excluding steroid dienone is 3. The Bertz CT molecular complexity index is 1430. The van der Waals surface area contributed by atoms with Gasteiger partial charge in [0.05, 0.1) is 23.3 Å². The van der Waals surface area contributed by atoms with Gasteiger partial charge in [-0.3, -0.25) is 4.79 Å². The third-order valence-corrected chi connectivity index (χ3v) is 6.08. The van der Waals surface area contributed by atoms with E-state index in [2.05, 4.69) is 15.5 Å². The molecule has 5 rings (SSSR count). The number of benzene rings is 2. The first kappa shape index (κ1) is 22.6. The summed E-state index contributed by atoms with van der Waals surface area (Å²) in [6.07, 6.45) is -1.16. The van der Waals surface area contributed by atoms with E-state index < -0.39 is 12.1 Å². The van der Waals surface area contributed by atoms with Crippen LogP contribution in [0.1, 0.15) is 66.8 Å². The molecular formula is C27H25N3O5. The van der Waals surface area contributed by atoms with E-state index in [9.17, 15) is 9.59 Å². The zero-order chi connectivity index (χ0) is 24.9. The van der Waals surface area contributed by atoms with Crippen molar-refractivity contribution in [2.75, 3.05) is 0 Å². The number of carbonyl (C=O) groups excluding carboxylic acids is 2. The summed E-state index contributed by atoms with van der Waals surface area (Å²) < 4.78 is 16.7. The normalized spacial score (nSPS) is 16.9. The number of ketones is 1. The average molecular weight is 472 g/mol. The van der Waals surface area contributed by atoms with Gasteiger partial charge in [-0.1, -0.05) is 47.6 Å². The number of hydrogen-bond donors (Lipinski definition) is 1. The van der Waals surface area contributed by atoms with E-state index in [0.717, 1.165) is 22.4 Å². The Hall–Kier alpha value is -4.20. The van der Waals surface area contributed by atoms with Crippen LogP contribution < -0.4 is 5.32 Å². The summed E-state index contributed by atoms with van der Waals surface area (Å²) in [6.45, 7) is 8.97. The van der Waals surface area contributed by atoms with Crippen LogP contribution in [0.15, 0.2) is 64.1 Å². The number of aryl methyl sites for hydroxylation is 1. The Balaban J connectivity index is 1.74. The molecule has 1 aliphatic carbocycles. The largest absolute Gasteiger partial charge is 0.513 e. The van der Waals surface area contributed by atoms with E-state index >= 15 is 0 Å². The lowest BCUT2D eigenvalue weighted by Crippen LogP contribution is -2.27. The summed E-state index contributed by atoms with van der Waals surface area (Å²) in [4.78, 5) is 30.3. The first-order valence-electron chi connectivity index (χ1n) is 11.4. The standard InChI is InChI=1S/C27H25N3O5/c1-13(2)33-27(32)34-25-15(4)28-14(3)21(26-29-16(5)30-35-26)23(25)19-11-8-12-20-22(19)17-9-6-7-10-18(17)24(20)31/h6-13,23,28H,1-5H3. The molecule has 0 fully saturated rings. The van der Waals surface area contributed by atoms with Crippen molar-refractivity contribution in [3.05, 3.63) is 88.0 Å². The van der Waals surface area contributed by atoms with Crippen molar-refractivity contribution in [3.63, 3.8) is 0 Å². The molecule has 1 aromatic heterocycles. The topological polar surface area (TPSA) is 104 Å². The van der Waals surface area contributed by atoms with E-state index in [1.807, 2.05) is 56.3 Å². The van der Waals surface area contributed by atoms with E-state index in [4.69, 9.17) is 14.0 Å².